The fraction of sp³-hybridized carbons (Fsp3) is 0.476. The fourth-order valence-corrected chi connectivity index (χ4v) is 3.77. The Morgan fingerprint density at radius 1 is 1.11 bits per heavy atom. The molecule has 0 saturated carbocycles. The number of rotatable bonds is 4. The second kappa shape index (κ2) is 8.14. The Bertz CT molecular complexity index is 867. The lowest BCUT2D eigenvalue weighted by Gasteiger charge is -2.27. The summed E-state index contributed by atoms with van der Waals surface area (Å²) in [6.07, 6.45) is 2.78. The second-order valence-electron chi connectivity index (χ2n) is 7.41. The SMILES string of the molecule is Cc1ccc(CNC(=O)c2nc(C(=O)N3CCOCC3)n3c2CCCC3)cc1. The lowest BCUT2D eigenvalue weighted by Crippen LogP contribution is -2.42. The van der Waals surface area contributed by atoms with E-state index in [-0.39, 0.29) is 11.8 Å². The fourth-order valence-electron chi connectivity index (χ4n) is 3.77. The molecule has 28 heavy (non-hydrogen) atoms. The maximum Gasteiger partial charge on any atom is 0.290 e. The molecule has 2 aliphatic rings. The van der Waals surface area contributed by atoms with Crippen LogP contribution >= 0.6 is 0 Å². The first-order chi connectivity index (χ1) is 13.6. The van der Waals surface area contributed by atoms with Crippen LogP contribution in [0.3, 0.4) is 0 Å². The number of fused-ring (bicyclic) bond motifs is 1. The van der Waals surface area contributed by atoms with Gasteiger partial charge in [0.1, 0.15) is 5.69 Å². The van der Waals surface area contributed by atoms with E-state index in [9.17, 15) is 9.59 Å². The lowest BCUT2D eigenvalue weighted by atomic mass is 10.1. The van der Waals surface area contributed by atoms with Gasteiger partial charge >= 0.3 is 0 Å². The van der Waals surface area contributed by atoms with E-state index in [1.165, 1.54) is 5.56 Å². The van der Waals surface area contributed by atoms with Crippen molar-refractivity contribution in [3.05, 3.63) is 52.6 Å². The molecule has 0 aliphatic carbocycles. The minimum absolute atomic E-state index is 0.107. The smallest absolute Gasteiger partial charge is 0.290 e. The number of aryl methyl sites for hydroxylation is 1. The predicted molar refractivity (Wildman–Crippen MR) is 104 cm³/mol. The highest BCUT2D eigenvalue weighted by molar-refractivity contribution is 5.97. The predicted octanol–water partition coefficient (Wildman–Crippen LogP) is 1.93. The van der Waals surface area contributed by atoms with Gasteiger partial charge in [-0.1, -0.05) is 29.8 Å². The largest absolute Gasteiger partial charge is 0.378 e. The number of nitrogens with one attached hydrogen (secondary N) is 1. The Hall–Kier alpha value is -2.67. The minimum atomic E-state index is -0.216. The number of nitrogens with zero attached hydrogens (tertiary/aromatic N) is 3. The highest BCUT2D eigenvalue weighted by atomic mass is 16.5. The van der Waals surface area contributed by atoms with Crippen LogP contribution in [0.15, 0.2) is 24.3 Å². The van der Waals surface area contributed by atoms with Crippen LogP contribution < -0.4 is 5.32 Å². The first-order valence-electron chi connectivity index (χ1n) is 9.93. The van der Waals surface area contributed by atoms with Gasteiger partial charge in [-0.05, 0) is 31.7 Å². The Labute approximate surface area is 164 Å². The first-order valence-corrected chi connectivity index (χ1v) is 9.93. The van der Waals surface area contributed by atoms with E-state index in [0.29, 0.717) is 44.4 Å². The monoisotopic (exact) mass is 382 g/mol. The minimum Gasteiger partial charge on any atom is -0.378 e. The van der Waals surface area contributed by atoms with Gasteiger partial charge in [-0.25, -0.2) is 4.98 Å². The van der Waals surface area contributed by atoms with Crippen LogP contribution in [0, 0.1) is 6.92 Å². The van der Waals surface area contributed by atoms with Crippen molar-refractivity contribution in [3.8, 4) is 0 Å². The number of aromatic nitrogens is 2. The zero-order valence-corrected chi connectivity index (χ0v) is 16.2. The van der Waals surface area contributed by atoms with E-state index >= 15 is 0 Å². The quantitative estimate of drug-likeness (QED) is 0.877. The third-order valence-electron chi connectivity index (χ3n) is 5.40. The number of ether oxygens (including phenoxy) is 1. The van der Waals surface area contributed by atoms with Crippen LogP contribution in [0.1, 0.15) is 50.8 Å². The molecule has 148 valence electrons. The van der Waals surface area contributed by atoms with Crippen molar-refractivity contribution in [2.24, 2.45) is 0 Å². The Balaban J connectivity index is 1.54. The number of morpholine rings is 1. The van der Waals surface area contributed by atoms with Crippen molar-refractivity contribution in [3.63, 3.8) is 0 Å². The number of amides is 2. The van der Waals surface area contributed by atoms with Crippen LogP contribution in [0.25, 0.3) is 0 Å². The molecule has 0 radical (unpaired) electrons. The molecule has 7 heteroatoms. The number of carbonyl (C=O) groups is 2. The summed E-state index contributed by atoms with van der Waals surface area (Å²) in [5.41, 5.74) is 3.49. The maximum atomic E-state index is 13.0. The molecule has 0 unspecified atom stereocenters. The third kappa shape index (κ3) is 3.80. The van der Waals surface area contributed by atoms with E-state index in [0.717, 1.165) is 37.1 Å². The van der Waals surface area contributed by atoms with Crippen LogP contribution in [0.2, 0.25) is 0 Å². The second-order valence-corrected chi connectivity index (χ2v) is 7.41. The lowest BCUT2D eigenvalue weighted by molar-refractivity contribution is 0.0291. The standard InChI is InChI=1S/C21H26N4O3/c1-15-5-7-16(8-6-15)14-22-20(26)18-17-4-2-3-9-25(17)19(23-18)21(27)24-10-12-28-13-11-24/h5-8H,2-4,9-14H2,1H3,(H,22,26). The molecule has 2 amide bonds. The van der Waals surface area contributed by atoms with E-state index in [4.69, 9.17) is 4.74 Å². The number of carbonyl (C=O) groups excluding carboxylic acids is 2. The maximum absolute atomic E-state index is 13.0. The van der Waals surface area contributed by atoms with Crippen molar-refractivity contribution >= 4 is 11.8 Å². The molecule has 1 aromatic carbocycles. The average Bonchev–Trinajstić information content (AvgIpc) is 3.13. The molecular weight excluding hydrogens is 356 g/mol. The van der Waals surface area contributed by atoms with Gasteiger partial charge in [0.05, 0.1) is 18.9 Å². The molecule has 0 atom stereocenters. The summed E-state index contributed by atoms with van der Waals surface area (Å²) in [7, 11) is 0. The van der Waals surface area contributed by atoms with Gasteiger partial charge in [0.2, 0.25) is 0 Å². The first kappa shape index (κ1) is 18.7. The third-order valence-corrected chi connectivity index (χ3v) is 5.40. The van der Waals surface area contributed by atoms with Gasteiger partial charge in [-0.15, -0.1) is 0 Å². The summed E-state index contributed by atoms with van der Waals surface area (Å²) in [6.45, 7) is 5.43. The van der Waals surface area contributed by atoms with E-state index < -0.39 is 0 Å². The van der Waals surface area contributed by atoms with Crippen LogP contribution in [-0.2, 0) is 24.2 Å². The molecule has 4 rings (SSSR count). The molecule has 1 saturated heterocycles. The number of hydrogen-bond acceptors (Lipinski definition) is 4. The van der Waals surface area contributed by atoms with E-state index in [1.807, 2.05) is 35.8 Å². The summed E-state index contributed by atoms with van der Waals surface area (Å²) in [5, 5.41) is 2.96. The molecule has 1 fully saturated rings. The summed E-state index contributed by atoms with van der Waals surface area (Å²) in [6, 6.07) is 8.06. The Morgan fingerprint density at radius 3 is 2.61 bits per heavy atom. The van der Waals surface area contributed by atoms with Gasteiger partial charge in [0.25, 0.3) is 11.8 Å². The molecule has 7 nitrogen and oxygen atoms in total. The highest BCUT2D eigenvalue weighted by Gasteiger charge is 2.30. The molecule has 2 aromatic rings. The van der Waals surface area contributed by atoms with E-state index in [1.54, 1.807) is 4.90 Å². The summed E-state index contributed by atoms with van der Waals surface area (Å²) < 4.78 is 7.28. The Morgan fingerprint density at radius 2 is 1.86 bits per heavy atom. The van der Waals surface area contributed by atoms with Gasteiger partial charge < -0.3 is 19.5 Å². The number of hydrogen-bond donors (Lipinski definition) is 1. The number of benzene rings is 1. The van der Waals surface area contributed by atoms with Crippen molar-refractivity contribution in [1.29, 1.82) is 0 Å². The van der Waals surface area contributed by atoms with Gasteiger partial charge in [0.15, 0.2) is 5.82 Å². The summed E-state index contributed by atoms with van der Waals surface area (Å²) in [5.74, 6) is 0.0633. The van der Waals surface area contributed by atoms with Crippen LogP contribution in [-0.4, -0.2) is 52.6 Å². The summed E-state index contributed by atoms with van der Waals surface area (Å²) in [4.78, 5) is 32.1. The van der Waals surface area contributed by atoms with Gasteiger partial charge in [0, 0.05) is 26.2 Å². The molecule has 1 N–H and O–H groups in total. The highest BCUT2D eigenvalue weighted by Crippen LogP contribution is 2.22. The van der Waals surface area contributed by atoms with Gasteiger partial charge in [-0.3, -0.25) is 9.59 Å². The zero-order chi connectivity index (χ0) is 19.5. The zero-order valence-electron chi connectivity index (χ0n) is 16.2. The Kier molecular flexibility index (Phi) is 5.43. The van der Waals surface area contributed by atoms with Crippen molar-refractivity contribution in [1.82, 2.24) is 19.8 Å². The van der Waals surface area contributed by atoms with Crippen molar-refractivity contribution < 1.29 is 14.3 Å². The topological polar surface area (TPSA) is 76.5 Å². The molecule has 3 heterocycles. The number of imidazole rings is 1. The molecular formula is C21H26N4O3. The van der Waals surface area contributed by atoms with Crippen LogP contribution in [0.4, 0.5) is 0 Å². The summed E-state index contributed by atoms with van der Waals surface area (Å²) >= 11 is 0. The molecule has 0 spiro atoms. The van der Waals surface area contributed by atoms with Crippen LogP contribution in [0.5, 0.6) is 0 Å². The average molecular weight is 382 g/mol. The molecule has 2 aliphatic heterocycles. The molecule has 0 bridgehead atoms. The van der Waals surface area contributed by atoms with Crippen molar-refractivity contribution in [2.75, 3.05) is 26.3 Å². The van der Waals surface area contributed by atoms with Crippen molar-refractivity contribution in [2.45, 2.75) is 39.3 Å². The normalized spacial score (nSPS) is 16.5. The van der Waals surface area contributed by atoms with Gasteiger partial charge in [-0.2, -0.15) is 0 Å². The van der Waals surface area contributed by atoms with E-state index in [2.05, 4.69) is 10.3 Å². The molecule has 1 aromatic heterocycles.